The lowest BCUT2D eigenvalue weighted by Crippen LogP contribution is -2.05. The van der Waals surface area contributed by atoms with Crippen molar-refractivity contribution in [2.24, 2.45) is 0 Å². The molecule has 2 aromatic rings. The highest BCUT2D eigenvalue weighted by Crippen LogP contribution is 2.17. The molecule has 5 nitrogen and oxygen atoms in total. The normalized spacial score (nSPS) is 9.83. The molecule has 2 rings (SSSR count). The zero-order chi connectivity index (χ0) is 15.9. The molecule has 1 aromatic heterocycles. The standard InChI is InChI=1S/C16H19N3O2S.ClH/c1-3-21-15(17)13-7-4-12(5-8-13)6-9-14-10-22-16(19-14)18-11(2)20;/h4-5,7-8,10,17H,3,6,9H2,1-2H3,(H,18,19,20);1H. The average molecular weight is 354 g/mol. The van der Waals surface area contributed by atoms with E-state index in [4.69, 9.17) is 10.1 Å². The van der Waals surface area contributed by atoms with Crippen LogP contribution in [0, 0.1) is 5.41 Å². The fourth-order valence-electron chi connectivity index (χ4n) is 1.95. The number of carbonyl (C=O) groups is 1. The average Bonchev–Trinajstić information content (AvgIpc) is 2.92. The minimum atomic E-state index is -0.103. The second-order valence-electron chi connectivity index (χ2n) is 4.78. The number of nitrogens with one attached hydrogen (secondary N) is 2. The van der Waals surface area contributed by atoms with Gasteiger partial charge in [-0.15, -0.1) is 23.7 Å². The van der Waals surface area contributed by atoms with Crippen molar-refractivity contribution in [3.63, 3.8) is 0 Å². The van der Waals surface area contributed by atoms with Crippen molar-refractivity contribution in [3.05, 3.63) is 46.5 Å². The van der Waals surface area contributed by atoms with Gasteiger partial charge in [0.2, 0.25) is 11.8 Å². The third-order valence-corrected chi connectivity index (χ3v) is 3.82. The Morgan fingerprint density at radius 3 is 2.61 bits per heavy atom. The van der Waals surface area contributed by atoms with Gasteiger partial charge in [0.15, 0.2) is 5.13 Å². The van der Waals surface area contributed by atoms with Gasteiger partial charge in [0.25, 0.3) is 0 Å². The summed E-state index contributed by atoms with van der Waals surface area (Å²) in [4.78, 5) is 15.3. The van der Waals surface area contributed by atoms with Crippen molar-refractivity contribution in [3.8, 4) is 0 Å². The molecule has 1 amide bonds. The molecule has 0 aliphatic rings. The van der Waals surface area contributed by atoms with Crippen LogP contribution in [0.4, 0.5) is 5.13 Å². The van der Waals surface area contributed by atoms with Crippen molar-refractivity contribution in [2.75, 3.05) is 11.9 Å². The van der Waals surface area contributed by atoms with Crippen molar-refractivity contribution in [1.82, 2.24) is 4.98 Å². The summed E-state index contributed by atoms with van der Waals surface area (Å²) in [6.07, 6.45) is 1.68. The van der Waals surface area contributed by atoms with Crippen molar-refractivity contribution in [1.29, 1.82) is 5.41 Å². The lowest BCUT2D eigenvalue weighted by Gasteiger charge is -2.06. The van der Waals surface area contributed by atoms with E-state index >= 15 is 0 Å². The molecule has 124 valence electrons. The Morgan fingerprint density at radius 1 is 1.30 bits per heavy atom. The van der Waals surface area contributed by atoms with Crippen LogP contribution in [0.5, 0.6) is 0 Å². The summed E-state index contributed by atoms with van der Waals surface area (Å²) < 4.78 is 5.17. The lowest BCUT2D eigenvalue weighted by atomic mass is 10.1. The number of hydrogen-bond acceptors (Lipinski definition) is 5. The maximum Gasteiger partial charge on any atom is 0.223 e. The Morgan fingerprint density at radius 2 is 2.00 bits per heavy atom. The number of thiazole rings is 1. The molecule has 7 heteroatoms. The van der Waals surface area contributed by atoms with E-state index in [1.54, 1.807) is 0 Å². The molecule has 23 heavy (non-hydrogen) atoms. The van der Waals surface area contributed by atoms with Gasteiger partial charge in [-0.25, -0.2) is 4.98 Å². The van der Waals surface area contributed by atoms with E-state index in [0.717, 1.165) is 24.1 Å². The number of ether oxygens (including phenoxy) is 1. The largest absolute Gasteiger partial charge is 0.478 e. The van der Waals surface area contributed by atoms with E-state index in [1.165, 1.54) is 23.8 Å². The van der Waals surface area contributed by atoms with Crippen LogP contribution < -0.4 is 5.32 Å². The van der Waals surface area contributed by atoms with Crippen molar-refractivity contribution < 1.29 is 9.53 Å². The molecule has 0 saturated heterocycles. The lowest BCUT2D eigenvalue weighted by molar-refractivity contribution is -0.114. The smallest absolute Gasteiger partial charge is 0.223 e. The molecule has 1 heterocycles. The quantitative estimate of drug-likeness (QED) is 0.614. The van der Waals surface area contributed by atoms with Gasteiger partial charge in [-0.05, 0) is 37.5 Å². The third kappa shape index (κ3) is 6.00. The predicted octanol–water partition coefficient (Wildman–Crippen LogP) is 3.67. The van der Waals surface area contributed by atoms with E-state index in [1.807, 2.05) is 36.6 Å². The van der Waals surface area contributed by atoms with Crippen LogP contribution in [0.3, 0.4) is 0 Å². The Bertz CT molecular complexity index is 656. The molecule has 0 aliphatic carbocycles. The number of aromatic nitrogens is 1. The minimum absolute atomic E-state index is 0. The Kier molecular flexibility index (Phi) is 7.71. The summed E-state index contributed by atoms with van der Waals surface area (Å²) >= 11 is 1.44. The monoisotopic (exact) mass is 353 g/mol. The number of amides is 1. The second-order valence-corrected chi connectivity index (χ2v) is 5.64. The van der Waals surface area contributed by atoms with Crippen LogP contribution in [0.15, 0.2) is 29.6 Å². The van der Waals surface area contributed by atoms with Gasteiger partial charge < -0.3 is 10.1 Å². The van der Waals surface area contributed by atoms with Crippen LogP contribution in [0.2, 0.25) is 0 Å². The van der Waals surface area contributed by atoms with E-state index in [9.17, 15) is 4.79 Å². The summed E-state index contributed by atoms with van der Waals surface area (Å²) in [7, 11) is 0. The zero-order valence-electron chi connectivity index (χ0n) is 13.1. The summed E-state index contributed by atoms with van der Waals surface area (Å²) in [5, 5.41) is 13.0. The number of nitrogens with zero attached hydrogens (tertiary/aromatic N) is 1. The highest BCUT2D eigenvalue weighted by molar-refractivity contribution is 7.13. The number of carbonyl (C=O) groups excluding carboxylic acids is 1. The summed E-state index contributed by atoms with van der Waals surface area (Å²) in [5.41, 5.74) is 2.94. The van der Waals surface area contributed by atoms with E-state index in [0.29, 0.717) is 11.7 Å². The summed E-state index contributed by atoms with van der Waals surface area (Å²) in [6, 6.07) is 7.81. The number of hydrogen-bond donors (Lipinski definition) is 2. The van der Waals surface area contributed by atoms with Gasteiger partial charge in [0.05, 0.1) is 12.3 Å². The summed E-state index contributed by atoms with van der Waals surface area (Å²) in [6.45, 7) is 3.84. The molecule has 0 fully saturated rings. The second kappa shape index (κ2) is 9.27. The molecule has 0 saturated carbocycles. The molecule has 0 bridgehead atoms. The first kappa shape index (κ1) is 19.1. The summed E-state index contributed by atoms with van der Waals surface area (Å²) in [5.74, 6) is 0.0988. The third-order valence-electron chi connectivity index (χ3n) is 3.01. The SMILES string of the molecule is CCOC(=N)c1ccc(CCc2csc(NC(C)=O)n2)cc1.Cl. The maximum absolute atomic E-state index is 11.0. The van der Waals surface area contributed by atoms with Gasteiger partial charge >= 0.3 is 0 Å². The van der Waals surface area contributed by atoms with Crippen LogP contribution >= 0.6 is 23.7 Å². The number of aryl methyl sites for hydroxylation is 2. The predicted molar refractivity (Wildman–Crippen MR) is 96.0 cm³/mol. The van der Waals surface area contributed by atoms with Crippen molar-refractivity contribution >= 4 is 40.7 Å². The number of rotatable bonds is 6. The highest BCUT2D eigenvalue weighted by atomic mass is 35.5. The first-order valence-corrected chi connectivity index (χ1v) is 7.99. The molecule has 0 unspecified atom stereocenters. The molecule has 0 atom stereocenters. The molecule has 2 N–H and O–H groups in total. The molecule has 1 aromatic carbocycles. The van der Waals surface area contributed by atoms with E-state index in [2.05, 4.69) is 10.3 Å². The highest BCUT2D eigenvalue weighted by Gasteiger charge is 2.05. The van der Waals surface area contributed by atoms with Crippen LogP contribution in [0.1, 0.15) is 30.7 Å². The first-order valence-electron chi connectivity index (χ1n) is 7.11. The Labute approximate surface area is 146 Å². The number of benzene rings is 1. The first-order chi connectivity index (χ1) is 10.6. The number of anilines is 1. The topological polar surface area (TPSA) is 75.1 Å². The number of halogens is 1. The van der Waals surface area contributed by atoms with Crippen molar-refractivity contribution in [2.45, 2.75) is 26.7 Å². The molecular formula is C16H20ClN3O2S. The Balaban J connectivity index is 0.00000264. The van der Waals surface area contributed by atoms with Gasteiger partial charge in [0, 0.05) is 17.9 Å². The van der Waals surface area contributed by atoms with E-state index < -0.39 is 0 Å². The zero-order valence-corrected chi connectivity index (χ0v) is 14.7. The van der Waals surface area contributed by atoms with Gasteiger partial charge in [-0.3, -0.25) is 10.2 Å². The fraction of sp³-hybridized carbons (Fsp3) is 0.312. The molecule has 0 spiro atoms. The fourth-order valence-corrected chi connectivity index (χ4v) is 2.74. The van der Waals surface area contributed by atoms with Gasteiger partial charge in [0.1, 0.15) is 0 Å². The molecule has 0 radical (unpaired) electrons. The minimum Gasteiger partial charge on any atom is -0.478 e. The van der Waals surface area contributed by atoms with Gasteiger partial charge in [-0.1, -0.05) is 12.1 Å². The van der Waals surface area contributed by atoms with Crippen LogP contribution in [-0.4, -0.2) is 23.4 Å². The van der Waals surface area contributed by atoms with Gasteiger partial charge in [-0.2, -0.15) is 0 Å². The maximum atomic E-state index is 11.0. The van der Waals surface area contributed by atoms with E-state index in [-0.39, 0.29) is 24.2 Å². The molecular weight excluding hydrogens is 334 g/mol. The van der Waals surface area contributed by atoms with Crippen LogP contribution in [-0.2, 0) is 22.4 Å². The van der Waals surface area contributed by atoms with Crippen LogP contribution in [0.25, 0.3) is 0 Å². The Hall–Kier alpha value is -1.92. The molecule has 0 aliphatic heterocycles.